The van der Waals surface area contributed by atoms with E-state index in [9.17, 15) is 9.18 Å². The largest absolute Gasteiger partial charge is 0.431 e. The first-order valence-corrected chi connectivity index (χ1v) is 4.73. The molecule has 1 aromatic heterocycles. The number of hydrogen-bond acceptors (Lipinski definition) is 4. The van der Waals surface area contributed by atoms with Crippen molar-refractivity contribution in [1.29, 1.82) is 0 Å². The van der Waals surface area contributed by atoms with Crippen LogP contribution < -0.4 is 0 Å². The van der Waals surface area contributed by atoms with E-state index in [-0.39, 0.29) is 5.22 Å². The maximum Gasteiger partial charge on any atom is 0.264 e. The number of thioether (sulfide) groups is 1. The van der Waals surface area contributed by atoms with Gasteiger partial charge in [-0.05, 0) is 12.1 Å². The Morgan fingerprint density at radius 2 is 2.29 bits per heavy atom. The molecule has 2 rings (SSSR count). The minimum absolute atomic E-state index is 0.189. The lowest BCUT2D eigenvalue weighted by Crippen LogP contribution is -1.91. The van der Waals surface area contributed by atoms with Crippen LogP contribution >= 0.6 is 11.8 Å². The van der Waals surface area contributed by atoms with E-state index in [1.807, 2.05) is 6.07 Å². The van der Waals surface area contributed by atoms with E-state index < -0.39 is 11.8 Å². The van der Waals surface area contributed by atoms with E-state index in [2.05, 4.69) is 4.98 Å². The lowest BCUT2D eigenvalue weighted by molar-refractivity contribution is -0.111. The fourth-order valence-corrected chi connectivity index (χ4v) is 1.54. The summed E-state index contributed by atoms with van der Waals surface area (Å²) in [5, 5.41) is -0.412. The Labute approximate surface area is 83.3 Å². The molecule has 3 nitrogen and oxygen atoms in total. The molecule has 5 heteroatoms. The van der Waals surface area contributed by atoms with E-state index in [1.54, 1.807) is 18.2 Å². The van der Waals surface area contributed by atoms with Crippen molar-refractivity contribution in [2.45, 2.75) is 5.22 Å². The fraction of sp³-hybridized carbons (Fsp3) is 0.111. The summed E-state index contributed by atoms with van der Waals surface area (Å²) in [6.45, 7) is -1.01. The molecular formula is C9H6FNO2S. The fourth-order valence-electron chi connectivity index (χ4n) is 1.02. The van der Waals surface area contributed by atoms with Gasteiger partial charge in [0.2, 0.25) is 5.12 Å². The van der Waals surface area contributed by atoms with Crippen LogP contribution in [0.4, 0.5) is 4.39 Å². The van der Waals surface area contributed by atoms with Gasteiger partial charge in [-0.3, -0.25) is 4.79 Å². The zero-order valence-corrected chi connectivity index (χ0v) is 7.88. The highest BCUT2D eigenvalue weighted by Gasteiger charge is 2.10. The first-order valence-electron chi connectivity index (χ1n) is 3.92. The van der Waals surface area contributed by atoms with Gasteiger partial charge in [0.15, 0.2) is 12.3 Å². The summed E-state index contributed by atoms with van der Waals surface area (Å²) in [6, 6.07) is 7.13. The van der Waals surface area contributed by atoms with Crippen LogP contribution in [-0.4, -0.2) is 16.8 Å². The number of para-hydroxylation sites is 2. The number of alkyl halides is 1. The van der Waals surface area contributed by atoms with Gasteiger partial charge in [0.05, 0.1) is 0 Å². The minimum Gasteiger partial charge on any atom is -0.431 e. The average molecular weight is 211 g/mol. The summed E-state index contributed by atoms with van der Waals surface area (Å²) in [5.74, 6) is 0. The van der Waals surface area contributed by atoms with E-state index in [0.717, 1.165) is 0 Å². The molecule has 1 aromatic carbocycles. The van der Waals surface area contributed by atoms with Gasteiger partial charge < -0.3 is 4.42 Å². The minimum atomic E-state index is -1.01. The monoisotopic (exact) mass is 211 g/mol. The van der Waals surface area contributed by atoms with Crippen molar-refractivity contribution in [3.8, 4) is 0 Å². The lowest BCUT2D eigenvalue weighted by Gasteiger charge is -1.87. The normalized spacial score (nSPS) is 10.6. The molecule has 0 fully saturated rings. The van der Waals surface area contributed by atoms with Crippen LogP contribution in [0.3, 0.4) is 0 Å². The molecule has 1 heterocycles. The molecule has 0 radical (unpaired) electrons. The van der Waals surface area contributed by atoms with Crippen LogP contribution in [0.25, 0.3) is 11.1 Å². The Bertz CT molecular complexity index is 436. The van der Waals surface area contributed by atoms with Gasteiger partial charge in [-0.2, -0.15) is 0 Å². The van der Waals surface area contributed by atoms with Gasteiger partial charge in [0.1, 0.15) is 5.52 Å². The smallest absolute Gasteiger partial charge is 0.264 e. The molecule has 0 N–H and O–H groups in total. The molecule has 0 aliphatic rings. The zero-order chi connectivity index (χ0) is 9.97. The Kier molecular flexibility index (Phi) is 2.49. The highest BCUT2D eigenvalue weighted by molar-refractivity contribution is 8.13. The first kappa shape index (κ1) is 9.21. The maximum atomic E-state index is 11.9. The number of nitrogens with zero attached hydrogens (tertiary/aromatic N) is 1. The molecule has 0 saturated carbocycles. The predicted molar refractivity (Wildman–Crippen MR) is 50.8 cm³/mol. The van der Waals surface area contributed by atoms with Gasteiger partial charge in [-0.1, -0.05) is 12.1 Å². The van der Waals surface area contributed by atoms with Crippen LogP contribution in [0.1, 0.15) is 0 Å². The number of carbonyl (C=O) groups excluding carboxylic acids is 1. The molecule has 0 spiro atoms. The van der Waals surface area contributed by atoms with Gasteiger partial charge in [0, 0.05) is 11.8 Å². The Hall–Kier alpha value is -1.36. The summed E-state index contributed by atoms with van der Waals surface area (Å²) in [7, 11) is 0. The van der Waals surface area contributed by atoms with Gasteiger partial charge in [0.25, 0.3) is 5.22 Å². The molecule has 0 amide bonds. The second-order valence-electron chi connectivity index (χ2n) is 2.56. The zero-order valence-electron chi connectivity index (χ0n) is 7.07. The van der Waals surface area contributed by atoms with Crippen molar-refractivity contribution in [2.24, 2.45) is 0 Å². The number of carbonyl (C=O) groups is 1. The standard InChI is InChI=1S/C9H6FNO2S/c10-5-8(12)14-9-11-6-3-1-2-4-7(6)13-9/h1-4H,5H2. The third kappa shape index (κ3) is 1.77. The van der Waals surface area contributed by atoms with Crippen LogP contribution in [0.5, 0.6) is 0 Å². The van der Waals surface area contributed by atoms with Crippen molar-refractivity contribution in [3.05, 3.63) is 24.3 Å². The SMILES string of the molecule is O=C(CF)Sc1nc2ccccc2o1. The number of fused-ring (bicyclic) bond motifs is 1. The van der Waals surface area contributed by atoms with E-state index >= 15 is 0 Å². The van der Waals surface area contributed by atoms with Crippen molar-refractivity contribution in [1.82, 2.24) is 4.98 Å². The van der Waals surface area contributed by atoms with Gasteiger partial charge in [-0.15, -0.1) is 0 Å². The predicted octanol–water partition coefficient (Wildman–Crippen LogP) is 2.42. The molecule has 14 heavy (non-hydrogen) atoms. The number of hydrogen-bond donors (Lipinski definition) is 0. The number of benzene rings is 1. The molecule has 0 saturated heterocycles. The molecule has 2 aromatic rings. The summed E-state index contributed by atoms with van der Waals surface area (Å²) in [5.41, 5.74) is 1.27. The second kappa shape index (κ2) is 3.79. The molecular weight excluding hydrogens is 205 g/mol. The van der Waals surface area contributed by atoms with Crippen molar-refractivity contribution >= 4 is 28.0 Å². The lowest BCUT2D eigenvalue weighted by atomic mass is 10.3. The number of rotatable bonds is 2. The van der Waals surface area contributed by atoms with E-state index in [1.165, 1.54) is 0 Å². The average Bonchev–Trinajstić information content (AvgIpc) is 2.59. The molecule has 0 bridgehead atoms. The summed E-state index contributed by atoms with van der Waals surface area (Å²) >= 11 is 0.678. The highest BCUT2D eigenvalue weighted by Crippen LogP contribution is 2.23. The molecule has 0 atom stereocenters. The Balaban J connectivity index is 2.31. The number of oxazole rings is 1. The van der Waals surface area contributed by atoms with Crippen LogP contribution in [-0.2, 0) is 4.79 Å². The summed E-state index contributed by atoms with van der Waals surface area (Å²) < 4.78 is 17.1. The topological polar surface area (TPSA) is 43.1 Å². The van der Waals surface area contributed by atoms with Crippen LogP contribution in [0, 0.1) is 0 Å². The van der Waals surface area contributed by atoms with Crippen molar-refractivity contribution in [2.75, 3.05) is 6.67 Å². The summed E-state index contributed by atoms with van der Waals surface area (Å²) in [6.07, 6.45) is 0. The second-order valence-corrected chi connectivity index (χ2v) is 3.56. The maximum absolute atomic E-state index is 11.9. The van der Waals surface area contributed by atoms with Crippen LogP contribution in [0.15, 0.2) is 33.9 Å². The quantitative estimate of drug-likeness (QED) is 0.715. The molecule has 72 valence electrons. The number of aromatic nitrogens is 1. The van der Waals surface area contributed by atoms with Crippen LogP contribution in [0.2, 0.25) is 0 Å². The Morgan fingerprint density at radius 1 is 1.50 bits per heavy atom. The third-order valence-corrected chi connectivity index (χ3v) is 2.27. The third-order valence-electron chi connectivity index (χ3n) is 1.58. The highest BCUT2D eigenvalue weighted by atomic mass is 32.2. The van der Waals surface area contributed by atoms with E-state index in [4.69, 9.17) is 4.42 Å². The van der Waals surface area contributed by atoms with Crippen molar-refractivity contribution < 1.29 is 13.6 Å². The molecule has 0 unspecified atom stereocenters. The van der Waals surface area contributed by atoms with E-state index in [0.29, 0.717) is 22.9 Å². The van der Waals surface area contributed by atoms with Crippen molar-refractivity contribution in [3.63, 3.8) is 0 Å². The van der Waals surface area contributed by atoms with Gasteiger partial charge >= 0.3 is 0 Å². The van der Waals surface area contributed by atoms with Gasteiger partial charge in [-0.25, -0.2) is 9.37 Å². The number of halogens is 1. The molecule has 0 aliphatic carbocycles. The molecule has 0 aliphatic heterocycles. The summed E-state index contributed by atoms with van der Waals surface area (Å²) in [4.78, 5) is 14.8. The Morgan fingerprint density at radius 3 is 3.00 bits per heavy atom. The first-order chi connectivity index (χ1) is 6.79.